The van der Waals surface area contributed by atoms with Crippen molar-refractivity contribution in [2.24, 2.45) is 23.2 Å². The Balaban J connectivity index is 1.78. The lowest BCUT2D eigenvalue weighted by Crippen LogP contribution is -2.58. The molecule has 0 saturated carbocycles. The predicted octanol–water partition coefficient (Wildman–Crippen LogP) is 5.73. The number of nitrogens with one attached hydrogen (secondary N) is 1. The zero-order valence-electron chi connectivity index (χ0n) is 45.0. The van der Waals surface area contributed by atoms with Gasteiger partial charge in [-0.05, 0) is 71.9 Å². The van der Waals surface area contributed by atoms with Gasteiger partial charge >= 0.3 is 7.82 Å². The summed E-state index contributed by atoms with van der Waals surface area (Å²) in [5, 5.41) is 56.2. The number of aromatic nitrogens is 1. The van der Waals surface area contributed by atoms with Gasteiger partial charge in [0.25, 0.3) is 5.91 Å². The van der Waals surface area contributed by atoms with Gasteiger partial charge in [-0.3, -0.25) is 9.32 Å². The van der Waals surface area contributed by atoms with Gasteiger partial charge in [-0.1, -0.05) is 77.5 Å². The minimum atomic E-state index is -5.13. The lowest BCUT2D eigenvalue weighted by molar-refractivity contribution is -0.334. The van der Waals surface area contributed by atoms with Crippen molar-refractivity contribution in [3.8, 4) is 6.07 Å². The highest BCUT2D eigenvalue weighted by Gasteiger charge is 2.68. The number of ether oxygens (including phenoxy) is 5. The van der Waals surface area contributed by atoms with Crippen LogP contribution in [-0.4, -0.2) is 161 Å². The molecular formula is C52H85N4O15P. The molecule has 408 valence electrons. The molecule has 7 N–H and O–H groups in total. The van der Waals surface area contributed by atoms with Crippen LogP contribution >= 0.6 is 7.82 Å². The van der Waals surface area contributed by atoms with E-state index >= 15 is 0 Å². The molecule has 0 unspecified atom stereocenters. The Hall–Kier alpha value is -3.42. The average Bonchev–Trinajstić information content (AvgIpc) is 3.85. The SMILES string of the molecule is COC[C@@H]([C@H](O)[C@H](O)C(=O)N[C@H](C)C[C@H](C)c1nc(/C=C/C[C@@H]2O[C@]3(C[C@@H](O)[C@@H]2C)O[C@H]([C@H](C[C@H](OC)[C@H](C)[C@H](O)[C@H](C)/C=C(C)/C(C)=C\C=C\C(C)=C\C#N)OC)[C@H](OP(=O)(O)O)C3(C)C)co1)N(C)C. The van der Waals surface area contributed by atoms with Gasteiger partial charge in [-0.2, -0.15) is 5.26 Å². The Bertz CT molecular complexity index is 2130. The van der Waals surface area contributed by atoms with E-state index < -0.39 is 97.9 Å². The molecular weight excluding hydrogens is 952 g/mol. The second kappa shape index (κ2) is 27.9. The van der Waals surface area contributed by atoms with Crippen molar-refractivity contribution in [3.63, 3.8) is 0 Å². The highest BCUT2D eigenvalue weighted by molar-refractivity contribution is 7.46. The molecule has 1 aromatic heterocycles. The fourth-order valence-corrected chi connectivity index (χ4v) is 10.3. The molecule has 2 aliphatic heterocycles. The quantitative estimate of drug-likeness (QED) is 0.0315. The molecule has 0 radical (unpaired) electrons. The smallest absolute Gasteiger partial charge is 0.448 e. The Kier molecular flexibility index (Phi) is 24.4. The maximum atomic E-state index is 12.9. The molecule has 72 heavy (non-hydrogen) atoms. The molecule has 2 fully saturated rings. The first kappa shape index (κ1) is 62.9. The summed E-state index contributed by atoms with van der Waals surface area (Å²) >= 11 is 0. The highest BCUT2D eigenvalue weighted by atomic mass is 31.2. The Morgan fingerprint density at radius 1 is 1.04 bits per heavy atom. The van der Waals surface area contributed by atoms with Crippen molar-refractivity contribution in [3.05, 3.63) is 71.0 Å². The summed E-state index contributed by atoms with van der Waals surface area (Å²) in [5.74, 6) is -3.27. The first-order valence-corrected chi connectivity index (χ1v) is 26.2. The molecule has 2 saturated heterocycles. The lowest BCUT2D eigenvalue weighted by atomic mass is 9.72. The maximum absolute atomic E-state index is 12.9. The van der Waals surface area contributed by atoms with Crippen LogP contribution in [0.1, 0.15) is 112 Å². The number of aliphatic hydroxyl groups excluding tert-OH is 4. The standard InChI is InChI=1S/C52H85N4O15P/c1-30(22-23-53)18-16-19-31(2)32(3)24-33(4)44(58)37(8)42(66-14)26-43(67-15)47-48(71-72(62,63)64)51(9,10)52(70-47)27-40(57)36(7)41(69-52)21-17-20-38-28-68-50(55-38)34(5)25-35(6)54-49(61)46(60)45(59)39(29-65-13)56(11)12/h16-20,22,24,28,33-37,39-48,57-60H,21,25-27,29H2,1-15H3,(H,54,61)(H2,62,63,64)/b18-16+,20-17+,30-22+,31-19-,32-24+/t33-,34+,35-,36+,37+,39+,40-,41+,42+,43+,44-,45+,46+,47-,48+,52-/m1/s1. The van der Waals surface area contributed by atoms with Crippen molar-refractivity contribution < 1.29 is 72.2 Å². The molecule has 3 heterocycles. The van der Waals surface area contributed by atoms with Gasteiger partial charge in [0.05, 0.1) is 49.2 Å². The predicted molar refractivity (Wildman–Crippen MR) is 272 cm³/mol. The number of amides is 1. The van der Waals surface area contributed by atoms with Crippen LogP contribution in [0.2, 0.25) is 0 Å². The van der Waals surface area contributed by atoms with Gasteiger partial charge in [-0.25, -0.2) is 9.55 Å². The third-order valence-electron chi connectivity index (χ3n) is 14.5. The van der Waals surface area contributed by atoms with Gasteiger partial charge in [-0.15, -0.1) is 0 Å². The minimum Gasteiger partial charge on any atom is -0.448 e. The number of phosphoric acid groups is 1. The van der Waals surface area contributed by atoms with E-state index in [0.717, 1.165) is 16.7 Å². The number of nitrogens with zero attached hydrogens (tertiary/aromatic N) is 3. The number of likely N-dealkylation sites (N-methyl/N-ethyl adjacent to an activating group) is 1. The maximum Gasteiger partial charge on any atom is 0.469 e. The number of rotatable bonds is 27. The van der Waals surface area contributed by atoms with Crippen molar-refractivity contribution in [1.82, 2.24) is 15.2 Å². The van der Waals surface area contributed by atoms with Gasteiger partial charge in [0, 0.05) is 75.4 Å². The van der Waals surface area contributed by atoms with Gasteiger partial charge in [0.15, 0.2) is 17.8 Å². The number of allylic oxidation sites excluding steroid dienone is 7. The fraction of sp³-hybridized carbons (Fsp3) is 0.712. The number of carbonyl (C=O) groups excluding carboxylic acids is 1. The number of carbonyl (C=O) groups is 1. The summed E-state index contributed by atoms with van der Waals surface area (Å²) in [7, 11) is 2.76. The number of methoxy groups -OCH3 is 3. The summed E-state index contributed by atoms with van der Waals surface area (Å²) in [5.41, 5.74) is 2.02. The van der Waals surface area contributed by atoms with Crippen LogP contribution in [0, 0.1) is 34.5 Å². The molecule has 0 aliphatic carbocycles. The molecule has 1 spiro atoms. The van der Waals surface area contributed by atoms with Crippen molar-refractivity contribution in [1.29, 1.82) is 5.26 Å². The van der Waals surface area contributed by atoms with Crippen LogP contribution in [0.5, 0.6) is 0 Å². The minimum absolute atomic E-state index is 0.0332. The first-order valence-electron chi connectivity index (χ1n) is 24.6. The Morgan fingerprint density at radius 3 is 2.29 bits per heavy atom. The van der Waals surface area contributed by atoms with E-state index in [2.05, 4.69) is 10.3 Å². The summed E-state index contributed by atoms with van der Waals surface area (Å²) in [6.45, 7) is 18.6. The molecule has 3 rings (SSSR count). The van der Waals surface area contributed by atoms with Crippen LogP contribution in [0.15, 0.2) is 63.9 Å². The summed E-state index contributed by atoms with van der Waals surface area (Å²) in [6, 6.07) is 1.00. The van der Waals surface area contributed by atoms with E-state index in [9.17, 15) is 39.6 Å². The van der Waals surface area contributed by atoms with E-state index in [1.54, 1.807) is 45.8 Å². The lowest BCUT2D eigenvalue weighted by Gasteiger charge is -2.50. The molecule has 0 aromatic carbocycles. The van der Waals surface area contributed by atoms with Crippen LogP contribution in [0.3, 0.4) is 0 Å². The second-order valence-corrected chi connectivity index (χ2v) is 21.8. The number of aliphatic hydroxyl groups is 4. The molecule has 1 amide bonds. The third-order valence-corrected chi connectivity index (χ3v) is 15.0. The largest absolute Gasteiger partial charge is 0.469 e. The van der Waals surface area contributed by atoms with Crippen LogP contribution in [0.25, 0.3) is 6.08 Å². The van der Waals surface area contributed by atoms with E-state index in [1.165, 1.54) is 33.7 Å². The molecule has 16 atom stereocenters. The number of hydrogen-bond acceptors (Lipinski definition) is 16. The van der Waals surface area contributed by atoms with Gasteiger partial charge in [0.2, 0.25) is 0 Å². The molecule has 0 bridgehead atoms. The average molecular weight is 1040 g/mol. The fourth-order valence-electron chi connectivity index (χ4n) is 9.64. The third kappa shape index (κ3) is 16.8. The summed E-state index contributed by atoms with van der Waals surface area (Å²) < 4.78 is 54.8. The normalized spacial score (nSPS) is 27.6. The van der Waals surface area contributed by atoms with E-state index in [-0.39, 0.29) is 43.6 Å². The van der Waals surface area contributed by atoms with Gasteiger partial charge in [0.1, 0.15) is 30.3 Å². The monoisotopic (exact) mass is 1040 g/mol. The Labute approximate surface area is 427 Å². The summed E-state index contributed by atoms with van der Waals surface area (Å²) in [6.07, 6.45) is 5.58. The van der Waals surface area contributed by atoms with Crippen molar-refractivity contribution in [2.45, 2.75) is 174 Å². The van der Waals surface area contributed by atoms with Crippen LogP contribution < -0.4 is 5.32 Å². The van der Waals surface area contributed by atoms with Crippen LogP contribution in [-0.2, 0) is 37.6 Å². The first-order chi connectivity index (χ1) is 33.6. The molecule has 20 heteroatoms. The number of hydrogen-bond donors (Lipinski definition) is 7. The van der Waals surface area contributed by atoms with E-state index in [1.807, 2.05) is 84.9 Å². The molecule has 19 nitrogen and oxygen atoms in total. The topological polar surface area (TPSA) is 276 Å². The molecule has 1 aromatic rings. The molecule has 2 aliphatic rings. The van der Waals surface area contributed by atoms with E-state index in [0.29, 0.717) is 18.0 Å². The van der Waals surface area contributed by atoms with Crippen molar-refractivity contribution in [2.75, 3.05) is 42.0 Å². The Morgan fingerprint density at radius 2 is 1.71 bits per heavy atom. The second-order valence-electron chi connectivity index (χ2n) is 20.6. The van der Waals surface area contributed by atoms with Gasteiger partial charge < -0.3 is 68.5 Å². The number of nitriles is 1. The van der Waals surface area contributed by atoms with Crippen LogP contribution in [0.4, 0.5) is 0 Å². The summed E-state index contributed by atoms with van der Waals surface area (Å²) in [4.78, 5) is 39.7. The number of phosphoric ester groups is 1. The zero-order valence-corrected chi connectivity index (χ0v) is 45.9. The zero-order chi connectivity index (χ0) is 54.5. The number of oxazole rings is 1. The van der Waals surface area contributed by atoms with E-state index in [4.69, 9.17) is 37.9 Å². The highest BCUT2D eigenvalue weighted by Crippen LogP contribution is 2.59. The van der Waals surface area contributed by atoms with Crippen molar-refractivity contribution >= 4 is 19.8 Å².